The van der Waals surface area contributed by atoms with Crippen LogP contribution in [0.2, 0.25) is 0 Å². The summed E-state index contributed by atoms with van der Waals surface area (Å²) in [4.78, 5) is 8.59. The van der Waals surface area contributed by atoms with Crippen molar-refractivity contribution in [2.45, 2.75) is 25.9 Å². The minimum atomic E-state index is 0.405. The summed E-state index contributed by atoms with van der Waals surface area (Å²) in [7, 11) is 4.22. The zero-order valence-electron chi connectivity index (χ0n) is 11.0. The molecule has 2 unspecified atom stereocenters. The molecule has 0 aliphatic carbocycles. The number of nitrogens with one attached hydrogen (secondary N) is 1. The van der Waals surface area contributed by atoms with Crippen LogP contribution in [0.15, 0.2) is 0 Å². The fraction of sp³-hybridized carbons (Fsp3) is 0.750. The van der Waals surface area contributed by atoms with E-state index < -0.39 is 0 Å². The van der Waals surface area contributed by atoms with Gasteiger partial charge in [0.25, 0.3) is 0 Å². The van der Waals surface area contributed by atoms with Gasteiger partial charge in [0.05, 0.1) is 11.7 Å². The van der Waals surface area contributed by atoms with Crippen LogP contribution in [0.25, 0.3) is 0 Å². The molecule has 17 heavy (non-hydrogen) atoms. The van der Waals surface area contributed by atoms with Crippen LogP contribution in [0, 0.1) is 6.92 Å². The Morgan fingerprint density at radius 1 is 1.53 bits per heavy atom. The number of thiazole rings is 1. The van der Waals surface area contributed by atoms with Gasteiger partial charge in [-0.1, -0.05) is 0 Å². The average molecular weight is 271 g/mol. The van der Waals surface area contributed by atoms with Crippen molar-refractivity contribution < 1.29 is 0 Å². The molecular weight excluding hydrogens is 250 g/mol. The van der Waals surface area contributed by atoms with Gasteiger partial charge in [-0.3, -0.25) is 4.90 Å². The zero-order valence-corrected chi connectivity index (χ0v) is 12.6. The third kappa shape index (κ3) is 2.84. The van der Waals surface area contributed by atoms with Crippen molar-refractivity contribution in [3.63, 3.8) is 0 Å². The Morgan fingerprint density at radius 3 is 2.94 bits per heavy atom. The summed E-state index contributed by atoms with van der Waals surface area (Å²) in [6.45, 7) is 5.49. The number of nitrogens with zero attached hydrogens (tertiary/aromatic N) is 2. The van der Waals surface area contributed by atoms with Gasteiger partial charge in [-0.25, -0.2) is 4.98 Å². The highest BCUT2D eigenvalue weighted by Gasteiger charge is 2.25. The first-order chi connectivity index (χ1) is 8.13. The minimum absolute atomic E-state index is 0.405. The first-order valence-corrected chi connectivity index (χ1v) is 8.03. The van der Waals surface area contributed by atoms with E-state index in [1.165, 1.54) is 33.6 Å². The van der Waals surface area contributed by atoms with Gasteiger partial charge in [0.2, 0.25) is 0 Å². The highest BCUT2D eigenvalue weighted by Crippen LogP contribution is 2.34. The van der Waals surface area contributed by atoms with Crippen molar-refractivity contribution in [1.82, 2.24) is 15.2 Å². The molecule has 5 heteroatoms. The van der Waals surface area contributed by atoms with Crippen LogP contribution in [0.3, 0.4) is 0 Å². The van der Waals surface area contributed by atoms with Gasteiger partial charge >= 0.3 is 0 Å². The molecule has 3 nitrogen and oxygen atoms in total. The van der Waals surface area contributed by atoms with Crippen LogP contribution in [0.1, 0.15) is 34.6 Å². The lowest BCUT2D eigenvalue weighted by Gasteiger charge is -2.30. The predicted octanol–water partition coefficient (Wildman–Crippen LogP) is 2.45. The first-order valence-electron chi connectivity index (χ1n) is 6.06. The molecule has 1 aromatic rings. The third-order valence-electron chi connectivity index (χ3n) is 3.36. The largest absolute Gasteiger partial charge is 0.312 e. The van der Waals surface area contributed by atoms with Crippen LogP contribution in [-0.4, -0.2) is 42.0 Å². The molecule has 2 heterocycles. The van der Waals surface area contributed by atoms with Crippen molar-refractivity contribution in [1.29, 1.82) is 0 Å². The summed E-state index contributed by atoms with van der Waals surface area (Å²) in [5.41, 5.74) is 1.19. The van der Waals surface area contributed by atoms with E-state index in [2.05, 4.69) is 31.1 Å². The maximum absolute atomic E-state index is 4.78. The van der Waals surface area contributed by atoms with Crippen molar-refractivity contribution >= 4 is 23.1 Å². The van der Waals surface area contributed by atoms with Crippen molar-refractivity contribution in [3.8, 4) is 0 Å². The fourth-order valence-electron chi connectivity index (χ4n) is 2.05. The molecule has 1 saturated heterocycles. The van der Waals surface area contributed by atoms with E-state index in [0.29, 0.717) is 12.1 Å². The van der Waals surface area contributed by atoms with E-state index >= 15 is 0 Å². The molecular formula is C12H21N3S2. The number of aromatic nitrogens is 1. The van der Waals surface area contributed by atoms with Gasteiger partial charge in [-0.15, -0.1) is 11.3 Å². The Hall–Kier alpha value is -0.100. The van der Waals surface area contributed by atoms with Crippen LogP contribution in [0.5, 0.6) is 0 Å². The highest BCUT2D eigenvalue weighted by atomic mass is 32.2. The van der Waals surface area contributed by atoms with Crippen LogP contribution < -0.4 is 5.32 Å². The van der Waals surface area contributed by atoms with Crippen molar-refractivity contribution in [3.05, 3.63) is 15.6 Å². The Balaban J connectivity index is 2.21. The topological polar surface area (TPSA) is 28.2 Å². The summed E-state index contributed by atoms with van der Waals surface area (Å²) in [5, 5.41) is 4.59. The number of rotatable bonds is 3. The second-order valence-electron chi connectivity index (χ2n) is 4.58. The molecule has 0 amide bonds. The van der Waals surface area contributed by atoms with E-state index in [9.17, 15) is 0 Å². The monoisotopic (exact) mass is 271 g/mol. The van der Waals surface area contributed by atoms with Gasteiger partial charge in [0.1, 0.15) is 5.01 Å². The summed E-state index contributed by atoms with van der Waals surface area (Å²) in [6, 6.07) is 0.915. The summed E-state index contributed by atoms with van der Waals surface area (Å²) < 4.78 is 0. The Morgan fingerprint density at radius 2 is 2.29 bits per heavy atom. The van der Waals surface area contributed by atoms with Crippen LogP contribution in [-0.2, 0) is 0 Å². The van der Waals surface area contributed by atoms with Crippen molar-refractivity contribution in [2.75, 3.05) is 32.1 Å². The molecule has 0 spiro atoms. The SMILES string of the molecule is CNC(C)c1sc(C2CSCCN2C)nc1C. The molecule has 2 rings (SSSR count). The lowest BCUT2D eigenvalue weighted by atomic mass is 10.2. The molecule has 96 valence electrons. The quantitative estimate of drug-likeness (QED) is 0.914. The summed E-state index contributed by atoms with van der Waals surface area (Å²) in [5.74, 6) is 2.42. The first kappa shape index (κ1) is 13.3. The Kier molecular flexibility index (Phi) is 4.47. The lowest BCUT2D eigenvalue weighted by Crippen LogP contribution is -2.32. The average Bonchev–Trinajstić information content (AvgIpc) is 2.71. The second-order valence-corrected chi connectivity index (χ2v) is 6.80. The van der Waals surface area contributed by atoms with E-state index in [0.717, 1.165) is 0 Å². The van der Waals surface area contributed by atoms with Gasteiger partial charge in [0, 0.05) is 29.0 Å². The Bertz CT molecular complexity index is 378. The number of hydrogen-bond acceptors (Lipinski definition) is 5. The number of thioether (sulfide) groups is 1. The molecule has 0 saturated carbocycles. The Labute approximate surface area is 112 Å². The van der Waals surface area contributed by atoms with E-state index in [4.69, 9.17) is 4.98 Å². The zero-order chi connectivity index (χ0) is 12.4. The normalized spacial score (nSPS) is 23.9. The third-order valence-corrected chi connectivity index (χ3v) is 5.82. The van der Waals surface area contributed by atoms with E-state index in [-0.39, 0.29) is 0 Å². The van der Waals surface area contributed by atoms with Gasteiger partial charge in [-0.2, -0.15) is 11.8 Å². The maximum Gasteiger partial charge on any atom is 0.111 e. The molecule has 1 aromatic heterocycles. The standard InChI is InChI=1S/C12H21N3S2/c1-8(13-3)11-9(2)14-12(17-11)10-7-16-6-5-15(10)4/h8,10,13H,5-7H2,1-4H3. The van der Waals surface area contributed by atoms with E-state index in [1.54, 1.807) is 0 Å². The van der Waals surface area contributed by atoms with Gasteiger partial charge in [-0.05, 0) is 27.9 Å². The van der Waals surface area contributed by atoms with E-state index in [1.807, 2.05) is 30.1 Å². The smallest absolute Gasteiger partial charge is 0.111 e. The molecule has 0 aromatic carbocycles. The minimum Gasteiger partial charge on any atom is -0.312 e. The molecule has 1 fully saturated rings. The molecule has 0 bridgehead atoms. The van der Waals surface area contributed by atoms with Crippen LogP contribution >= 0.6 is 23.1 Å². The lowest BCUT2D eigenvalue weighted by molar-refractivity contribution is 0.274. The molecule has 1 aliphatic rings. The molecule has 1 N–H and O–H groups in total. The maximum atomic E-state index is 4.78. The van der Waals surface area contributed by atoms with Crippen molar-refractivity contribution in [2.24, 2.45) is 0 Å². The number of hydrogen-bond donors (Lipinski definition) is 1. The summed E-state index contributed by atoms with van der Waals surface area (Å²) >= 11 is 3.91. The molecule has 2 atom stereocenters. The van der Waals surface area contributed by atoms with Crippen LogP contribution in [0.4, 0.5) is 0 Å². The second kappa shape index (κ2) is 5.69. The number of aryl methyl sites for hydroxylation is 1. The summed E-state index contributed by atoms with van der Waals surface area (Å²) in [6.07, 6.45) is 0. The van der Waals surface area contributed by atoms with Gasteiger partial charge < -0.3 is 5.32 Å². The van der Waals surface area contributed by atoms with Gasteiger partial charge in [0.15, 0.2) is 0 Å². The molecule has 1 aliphatic heterocycles. The fourth-order valence-corrected chi connectivity index (χ4v) is 4.67. The predicted molar refractivity (Wildman–Crippen MR) is 77.0 cm³/mol. The highest BCUT2D eigenvalue weighted by molar-refractivity contribution is 7.99. The molecule has 0 radical (unpaired) electrons.